The monoisotopic (exact) mass is 335 g/mol. The third-order valence-corrected chi connectivity index (χ3v) is 3.62. The number of hydrogen-bond acceptors (Lipinski definition) is 2. The maximum Gasteiger partial charge on any atom is 0.270 e. The molecule has 1 amide bonds. The van der Waals surface area contributed by atoms with Crippen molar-refractivity contribution in [3.63, 3.8) is 0 Å². The van der Waals surface area contributed by atoms with Crippen LogP contribution in [-0.4, -0.2) is 15.7 Å². The van der Waals surface area contributed by atoms with Gasteiger partial charge in [0.05, 0.1) is 11.7 Å². The molecule has 2 rings (SSSR count). The third-order valence-electron chi connectivity index (χ3n) is 3.13. The Balaban J connectivity index is 2.15. The lowest BCUT2D eigenvalue weighted by atomic mass is 10.1. The highest BCUT2D eigenvalue weighted by atomic mass is 79.9. The van der Waals surface area contributed by atoms with Crippen LogP contribution >= 0.6 is 15.9 Å². The van der Waals surface area contributed by atoms with Gasteiger partial charge in [0.25, 0.3) is 5.91 Å². The van der Waals surface area contributed by atoms with Crippen molar-refractivity contribution in [3.8, 4) is 0 Å². The third kappa shape index (κ3) is 3.28. The fourth-order valence-corrected chi connectivity index (χ4v) is 2.52. The Morgan fingerprint density at radius 1 is 1.45 bits per heavy atom. The second-order valence-corrected chi connectivity index (χ2v) is 5.65. The first kappa shape index (κ1) is 14.8. The predicted molar refractivity (Wildman–Crippen MR) is 82.7 cm³/mol. The number of aryl methyl sites for hydroxylation is 2. The van der Waals surface area contributed by atoms with Gasteiger partial charge in [-0.3, -0.25) is 9.48 Å². The van der Waals surface area contributed by atoms with E-state index < -0.39 is 0 Å². The fourth-order valence-electron chi connectivity index (χ4n) is 2.10. The van der Waals surface area contributed by atoms with Crippen LogP contribution in [-0.2, 0) is 6.54 Å². The standard InChI is InChI=1S/C15H18BrN3O/c1-4-19-14(8-10(2)18-19)15(20)17-11(3)12-6-5-7-13(16)9-12/h5-9,11H,4H2,1-3H3,(H,17,20). The first-order valence-electron chi connectivity index (χ1n) is 6.62. The smallest absolute Gasteiger partial charge is 0.270 e. The van der Waals surface area contributed by atoms with Gasteiger partial charge in [-0.1, -0.05) is 28.1 Å². The average Bonchev–Trinajstić information content (AvgIpc) is 2.80. The molecule has 0 radical (unpaired) electrons. The molecule has 0 saturated carbocycles. The van der Waals surface area contributed by atoms with Gasteiger partial charge in [-0.05, 0) is 44.5 Å². The molecule has 0 bridgehead atoms. The van der Waals surface area contributed by atoms with E-state index in [-0.39, 0.29) is 11.9 Å². The maximum atomic E-state index is 12.3. The molecule has 0 aliphatic rings. The number of benzene rings is 1. The average molecular weight is 336 g/mol. The number of nitrogens with one attached hydrogen (secondary N) is 1. The molecule has 4 nitrogen and oxygen atoms in total. The number of carbonyl (C=O) groups is 1. The van der Waals surface area contributed by atoms with Crippen LogP contribution in [0.4, 0.5) is 0 Å². The SMILES string of the molecule is CCn1nc(C)cc1C(=O)NC(C)c1cccc(Br)c1. The summed E-state index contributed by atoms with van der Waals surface area (Å²) in [6, 6.07) is 9.69. The van der Waals surface area contributed by atoms with Crippen LogP contribution in [0.5, 0.6) is 0 Å². The van der Waals surface area contributed by atoms with E-state index in [1.54, 1.807) is 4.68 Å². The second-order valence-electron chi connectivity index (χ2n) is 4.74. The van der Waals surface area contributed by atoms with Gasteiger partial charge in [-0.15, -0.1) is 0 Å². The van der Waals surface area contributed by atoms with Crippen molar-refractivity contribution in [2.45, 2.75) is 33.4 Å². The van der Waals surface area contributed by atoms with E-state index in [0.29, 0.717) is 12.2 Å². The normalized spacial score (nSPS) is 12.2. The molecule has 0 spiro atoms. The molecule has 5 heteroatoms. The van der Waals surface area contributed by atoms with Gasteiger partial charge in [0, 0.05) is 11.0 Å². The Bertz CT molecular complexity index is 621. The first-order chi connectivity index (χ1) is 9.51. The highest BCUT2D eigenvalue weighted by molar-refractivity contribution is 9.10. The van der Waals surface area contributed by atoms with Crippen LogP contribution in [0.2, 0.25) is 0 Å². The molecule has 0 aliphatic carbocycles. The molecule has 1 aromatic heterocycles. The highest BCUT2D eigenvalue weighted by Gasteiger charge is 2.16. The van der Waals surface area contributed by atoms with E-state index >= 15 is 0 Å². The lowest BCUT2D eigenvalue weighted by Gasteiger charge is -2.15. The summed E-state index contributed by atoms with van der Waals surface area (Å²) in [5.41, 5.74) is 2.52. The summed E-state index contributed by atoms with van der Waals surface area (Å²) in [5.74, 6) is -0.0973. The van der Waals surface area contributed by atoms with Crippen LogP contribution in [0.3, 0.4) is 0 Å². The van der Waals surface area contributed by atoms with Crippen molar-refractivity contribution in [2.75, 3.05) is 0 Å². The van der Waals surface area contributed by atoms with Crippen molar-refractivity contribution in [1.29, 1.82) is 0 Å². The molecule has 1 heterocycles. The number of halogens is 1. The summed E-state index contributed by atoms with van der Waals surface area (Å²) in [7, 11) is 0. The van der Waals surface area contributed by atoms with E-state index in [1.807, 2.05) is 51.1 Å². The van der Waals surface area contributed by atoms with Crippen LogP contribution in [0.15, 0.2) is 34.8 Å². The summed E-state index contributed by atoms with van der Waals surface area (Å²) < 4.78 is 2.73. The number of aromatic nitrogens is 2. The van der Waals surface area contributed by atoms with Crippen LogP contribution in [0.25, 0.3) is 0 Å². The molecule has 1 atom stereocenters. The largest absolute Gasteiger partial charge is 0.344 e. The first-order valence-corrected chi connectivity index (χ1v) is 7.41. The van der Waals surface area contributed by atoms with Gasteiger partial charge in [0.15, 0.2) is 0 Å². The molecule has 1 unspecified atom stereocenters. The minimum absolute atomic E-state index is 0.0551. The number of carbonyl (C=O) groups excluding carboxylic acids is 1. The second kappa shape index (κ2) is 6.22. The molecule has 0 fully saturated rings. The Labute approximate surface area is 127 Å². The minimum Gasteiger partial charge on any atom is -0.344 e. The molecule has 2 aromatic rings. The van der Waals surface area contributed by atoms with E-state index in [2.05, 4.69) is 26.3 Å². The number of hydrogen-bond donors (Lipinski definition) is 1. The highest BCUT2D eigenvalue weighted by Crippen LogP contribution is 2.18. The summed E-state index contributed by atoms with van der Waals surface area (Å²) in [6.45, 7) is 6.52. The Morgan fingerprint density at radius 2 is 2.20 bits per heavy atom. The zero-order valence-corrected chi connectivity index (χ0v) is 13.4. The lowest BCUT2D eigenvalue weighted by Crippen LogP contribution is -2.28. The van der Waals surface area contributed by atoms with E-state index in [4.69, 9.17) is 0 Å². The molecule has 106 valence electrons. The Kier molecular flexibility index (Phi) is 4.60. The number of amides is 1. The van der Waals surface area contributed by atoms with Crippen molar-refractivity contribution >= 4 is 21.8 Å². The quantitative estimate of drug-likeness (QED) is 0.929. The molecular formula is C15H18BrN3O. The predicted octanol–water partition coefficient (Wildman–Crippen LogP) is 3.46. The zero-order valence-electron chi connectivity index (χ0n) is 11.9. The van der Waals surface area contributed by atoms with Crippen LogP contribution in [0.1, 0.15) is 41.6 Å². The van der Waals surface area contributed by atoms with Gasteiger partial charge in [-0.25, -0.2) is 0 Å². The Morgan fingerprint density at radius 3 is 2.85 bits per heavy atom. The van der Waals surface area contributed by atoms with E-state index in [1.165, 1.54) is 0 Å². The summed E-state index contributed by atoms with van der Waals surface area (Å²) in [5, 5.41) is 7.30. The lowest BCUT2D eigenvalue weighted by molar-refractivity contribution is 0.0929. The maximum absolute atomic E-state index is 12.3. The van der Waals surface area contributed by atoms with Gasteiger partial charge >= 0.3 is 0 Å². The van der Waals surface area contributed by atoms with E-state index in [0.717, 1.165) is 15.7 Å². The molecule has 1 aromatic carbocycles. The molecule has 0 saturated heterocycles. The fraction of sp³-hybridized carbons (Fsp3) is 0.333. The van der Waals surface area contributed by atoms with Gasteiger partial charge in [-0.2, -0.15) is 5.10 Å². The number of rotatable bonds is 4. The van der Waals surface area contributed by atoms with Gasteiger partial charge in [0.2, 0.25) is 0 Å². The minimum atomic E-state index is -0.0973. The van der Waals surface area contributed by atoms with Crippen molar-refractivity contribution in [2.24, 2.45) is 0 Å². The molecule has 20 heavy (non-hydrogen) atoms. The van der Waals surface area contributed by atoms with Gasteiger partial charge in [0.1, 0.15) is 5.69 Å². The van der Waals surface area contributed by atoms with Crippen molar-refractivity contribution in [1.82, 2.24) is 15.1 Å². The van der Waals surface area contributed by atoms with E-state index in [9.17, 15) is 4.79 Å². The molecule has 0 aliphatic heterocycles. The number of nitrogens with zero attached hydrogens (tertiary/aromatic N) is 2. The molecular weight excluding hydrogens is 318 g/mol. The summed E-state index contributed by atoms with van der Waals surface area (Å²) in [6.07, 6.45) is 0. The van der Waals surface area contributed by atoms with Crippen molar-refractivity contribution in [3.05, 3.63) is 51.8 Å². The topological polar surface area (TPSA) is 46.9 Å². The Hall–Kier alpha value is -1.62. The van der Waals surface area contributed by atoms with Crippen LogP contribution < -0.4 is 5.32 Å². The summed E-state index contributed by atoms with van der Waals surface area (Å²) in [4.78, 5) is 12.3. The zero-order chi connectivity index (χ0) is 14.7. The van der Waals surface area contributed by atoms with Gasteiger partial charge < -0.3 is 5.32 Å². The summed E-state index contributed by atoms with van der Waals surface area (Å²) >= 11 is 3.44. The van der Waals surface area contributed by atoms with Crippen LogP contribution in [0, 0.1) is 6.92 Å². The molecule has 1 N–H and O–H groups in total. The van der Waals surface area contributed by atoms with Crippen molar-refractivity contribution < 1.29 is 4.79 Å².